The van der Waals surface area contributed by atoms with Crippen LogP contribution in [-0.4, -0.2) is 58.7 Å². The molecule has 1 N–H and O–H groups in total. The fraction of sp³-hybridized carbons (Fsp3) is 0.435. The van der Waals surface area contributed by atoms with Crippen LogP contribution in [0.4, 0.5) is 0 Å². The van der Waals surface area contributed by atoms with E-state index in [9.17, 15) is 13.2 Å². The first-order valence-electron chi connectivity index (χ1n) is 10.5. The van der Waals surface area contributed by atoms with Gasteiger partial charge in [0.05, 0.1) is 19.1 Å². The highest BCUT2D eigenvalue weighted by atomic mass is 32.2. The number of nitrogens with one attached hydrogen (secondary N) is 1. The summed E-state index contributed by atoms with van der Waals surface area (Å²) in [5.74, 6) is 1.13. The smallest absolute Gasteiger partial charge is 0.243 e. The lowest BCUT2D eigenvalue weighted by atomic mass is 9.97. The van der Waals surface area contributed by atoms with Gasteiger partial charge in [-0.2, -0.15) is 4.31 Å². The van der Waals surface area contributed by atoms with Crippen molar-refractivity contribution in [2.75, 3.05) is 40.1 Å². The summed E-state index contributed by atoms with van der Waals surface area (Å²) in [6, 6.07) is 12.6. The van der Waals surface area contributed by atoms with Crippen LogP contribution in [0, 0.1) is 5.92 Å². The molecule has 0 saturated carbocycles. The number of carbonyl (C=O) groups is 1. The van der Waals surface area contributed by atoms with Crippen molar-refractivity contribution in [1.29, 1.82) is 0 Å². The van der Waals surface area contributed by atoms with Crippen LogP contribution in [0.15, 0.2) is 52.3 Å². The maximum absolute atomic E-state index is 12.9. The highest BCUT2D eigenvalue weighted by Gasteiger charge is 2.32. The number of methoxy groups -OCH3 is 2. The average Bonchev–Trinajstić information content (AvgIpc) is 2.83. The lowest BCUT2D eigenvalue weighted by Crippen LogP contribution is -2.43. The number of amides is 1. The second-order valence-corrected chi connectivity index (χ2v) is 10.4. The molecule has 174 valence electrons. The van der Waals surface area contributed by atoms with Gasteiger partial charge in [-0.3, -0.25) is 4.79 Å². The summed E-state index contributed by atoms with van der Waals surface area (Å²) in [5.41, 5.74) is 1.04. The Morgan fingerprint density at radius 2 is 1.72 bits per heavy atom. The van der Waals surface area contributed by atoms with Crippen LogP contribution in [-0.2, 0) is 21.2 Å². The van der Waals surface area contributed by atoms with Crippen LogP contribution >= 0.6 is 11.8 Å². The lowest BCUT2D eigenvalue weighted by molar-refractivity contribution is -0.126. The molecule has 1 amide bonds. The van der Waals surface area contributed by atoms with Gasteiger partial charge in [0.25, 0.3) is 0 Å². The van der Waals surface area contributed by atoms with E-state index < -0.39 is 10.0 Å². The molecule has 0 aliphatic carbocycles. The number of thioether (sulfide) groups is 1. The Morgan fingerprint density at radius 1 is 1.06 bits per heavy atom. The number of hydrogen-bond donors (Lipinski definition) is 1. The lowest BCUT2D eigenvalue weighted by Gasteiger charge is -2.30. The summed E-state index contributed by atoms with van der Waals surface area (Å²) in [6.07, 6.45) is 3.66. The van der Waals surface area contributed by atoms with Crippen LogP contribution < -0.4 is 14.8 Å². The SMILES string of the molecule is COc1ccc(CCNC(=O)C2CCN(S(=O)(=O)c3ccc(SC)cc3)CC2)cc1OC. The summed E-state index contributed by atoms with van der Waals surface area (Å²) in [7, 11) is -0.346. The number of carbonyl (C=O) groups excluding carboxylic acids is 1. The van der Waals surface area contributed by atoms with Crippen molar-refractivity contribution in [3.05, 3.63) is 48.0 Å². The van der Waals surface area contributed by atoms with Crippen molar-refractivity contribution in [3.63, 3.8) is 0 Å². The van der Waals surface area contributed by atoms with Crippen molar-refractivity contribution in [2.24, 2.45) is 5.92 Å². The first kappa shape index (κ1) is 24.4. The standard InChI is InChI=1S/C23H30N2O5S2/c1-29-21-9-4-17(16-22(21)30-2)10-13-24-23(26)18-11-14-25(15-12-18)32(27,28)20-7-5-19(31-3)6-8-20/h4-9,16,18H,10-15H2,1-3H3,(H,24,26). The molecule has 1 saturated heterocycles. The number of rotatable bonds is 9. The van der Waals surface area contributed by atoms with Crippen LogP contribution in [0.2, 0.25) is 0 Å². The third kappa shape index (κ3) is 5.76. The van der Waals surface area contributed by atoms with E-state index >= 15 is 0 Å². The quantitative estimate of drug-likeness (QED) is 0.557. The number of ether oxygens (including phenoxy) is 2. The molecule has 0 bridgehead atoms. The maximum Gasteiger partial charge on any atom is 0.243 e. The number of piperidine rings is 1. The molecule has 7 nitrogen and oxygen atoms in total. The Morgan fingerprint density at radius 3 is 2.31 bits per heavy atom. The minimum atomic E-state index is -3.53. The van der Waals surface area contributed by atoms with E-state index in [1.54, 1.807) is 38.1 Å². The Hall–Kier alpha value is -2.23. The molecule has 3 rings (SSSR count). The summed E-state index contributed by atoms with van der Waals surface area (Å²) in [4.78, 5) is 13.9. The van der Waals surface area contributed by atoms with Gasteiger partial charge in [0.15, 0.2) is 11.5 Å². The predicted molar refractivity (Wildman–Crippen MR) is 126 cm³/mol. The van der Waals surface area contributed by atoms with E-state index in [-0.39, 0.29) is 11.8 Å². The zero-order valence-corrected chi connectivity index (χ0v) is 20.3. The monoisotopic (exact) mass is 478 g/mol. The van der Waals surface area contributed by atoms with Crippen molar-refractivity contribution in [3.8, 4) is 11.5 Å². The van der Waals surface area contributed by atoms with Gasteiger partial charge in [0, 0.05) is 30.4 Å². The van der Waals surface area contributed by atoms with Gasteiger partial charge >= 0.3 is 0 Å². The minimum Gasteiger partial charge on any atom is -0.493 e. The highest BCUT2D eigenvalue weighted by molar-refractivity contribution is 7.98. The second-order valence-electron chi connectivity index (χ2n) is 7.58. The van der Waals surface area contributed by atoms with E-state index in [0.717, 1.165) is 10.5 Å². The molecule has 0 atom stereocenters. The molecule has 0 spiro atoms. The molecule has 0 unspecified atom stereocenters. The average molecular weight is 479 g/mol. The van der Waals surface area contributed by atoms with Crippen LogP contribution in [0.25, 0.3) is 0 Å². The van der Waals surface area contributed by atoms with Crippen molar-refractivity contribution < 1.29 is 22.7 Å². The van der Waals surface area contributed by atoms with Gasteiger partial charge in [-0.15, -0.1) is 11.8 Å². The maximum atomic E-state index is 12.9. The number of nitrogens with zero attached hydrogens (tertiary/aromatic N) is 1. The third-order valence-electron chi connectivity index (χ3n) is 5.68. The van der Waals surface area contributed by atoms with E-state index in [4.69, 9.17) is 9.47 Å². The van der Waals surface area contributed by atoms with Gasteiger partial charge in [-0.05, 0) is 67.5 Å². The summed E-state index contributed by atoms with van der Waals surface area (Å²) in [6.45, 7) is 1.20. The van der Waals surface area contributed by atoms with E-state index in [1.165, 1.54) is 4.31 Å². The molecule has 0 radical (unpaired) electrons. The van der Waals surface area contributed by atoms with Crippen LogP contribution in [0.1, 0.15) is 18.4 Å². The minimum absolute atomic E-state index is 0.0214. The number of sulfonamides is 1. The fourth-order valence-electron chi connectivity index (χ4n) is 3.77. The van der Waals surface area contributed by atoms with Crippen LogP contribution in [0.5, 0.6) is 11.5 Å². The van der Waals surface area contributed by atoms with Gasteiger partial charge < -0.3 is 14.8 Å². The molecule has 9 heteroatoms. The van der Waals surface area contributed by atoms with Crippen molar-refractivity contribution in [1.82, 2.24) is 9.62 Å². The first-order valence-corrected chi connectivity index (χ1v) is 13.2. The molecule has 1 aliphatic rings. The molecule has 2 aromatic carbocycles. The van der Waals surface area contributed by atoms with Crippen molar-refractivity contribution in [2.45, 2.75) is 29.1 Å². The third-order valence-corrected chi connectivity index (χ3v) is 8.34. The number of benzene rings is 2. The molecule has 1 aliphatic heterocycles. The molecular formula is C23H30N2O5S2. The topological polar surface area (TPSA) is 84.9 Å². The Bertz CT molecular complexity index is 1020. The summed E-state index contributed by atoms with van der Waals surface area (Å²) >= 11 is 1.57. The highest BCUT2D eigenvalue weighted by Crippen LogP contribution is 2.28. The largest absolute Gasteiger partial charge is 0.493 e. The zero-order valence-electron chi connectivity index (χ0n) is 18.7. The molecule has 0 aromatic heterocycles. The van der Waals surface area contributed by atoms with Gasteiger partial charge in [0.1, 0.15) is 0 Å². The Labute approximate surface area is 194 Å². The van der Waals surface area contributed by atoms with Crippen molar-refractivity contribution >= 4 is 27.7 Å². The molecule has 2 aromatic rings. The van der Waals surface area contributed by atoms with E-state index in [1.807, 2.05) is 36.6 Å². The van der Waals surface area contributed by atoms with Gasteiger partial charge in [-0.1, -0.05) is 6.07 Å². The Balaban J connectivity index is 1.49. The van der Waals surface area contributed by atoms with E-state index in [2.05, 4.69) is 5.32 Å². The van der Waals surface area contributed by atoms with Gasteiger partial charge in [-0.25, -0.2) is 8.42 Å². The molecular weight excluding hydrogens is 448 g/mol. The first-order chi connectivity index (χ1) is 15.4. The molecule has 1 fully saturated rings. The normalized spacial score (nSPS) is 15.3. The zero-order chi connectivity index (χ0) is 23.1. The summed E-state index contributed by atoms with van der Waals surface area (Å²) in [5, 5.41) is 2.98. The van der Waals surface area contributed by atoms with E-state index in [0.29, 0.717) is 55.3 Å². The number of hydrogen-bond acceptors (Lipinski definition) is 6. The molecule has 32 heavy (non-hydrogen) atoms. The second kappa shape index (κ2) is 11.1. The van der Waals surface area contributed by atoms with Gasteiger partial charge in [0.2, 0.25) is 15.9 Å². The predicted octanol–water partition coefficient (Wildman–Crippen LogP) is 3.19. The Kier molecular flexibility index (Phi) is 8.44. The molecule has 1 heterocycles. The summed E-state index contributed by atoms with van der Waals surface area (Å²) < 4.78 is 37.8. The fourth-order valence-corrected chi connectivity index (χ4v) is 5.64. The van der Waals surface area contributed by atoms with Crippen LogP contribution in [0.3, 0.4) is 0 Å².